The molecule has 0 radical (unpaired) electrons. The molecule has 1 heterocycles. The number of benzene rings is 1. The molecule has 20 heavy (non-hydrogen) atoms. The van der Waals surface area contributed by atoms with E-state index in [0.29, 0.717) is 24.0 Å². The minimum absolute atomic E-state index is 0.0801. The summed E-state index contributed by atoms with van der Waals surface area (Å²) in [4.78, 5) is 2.16. The Morgan fingerprint density at radius 3 is 2.60 bits per heavy atom. The molecular weight excluding hydrogens is 257 g/mol. The molecule has 1 aliphatic heterocycles. The monoisotopic (exact) mass is 281 g/mol. The lowest BCUT2D eigenvalue weighted by Gasteiger charge is -2.32. The highest BCUT2D eigenvalue weighted by Gasteiger charge is 2.32. The van der Waals surface area contributed by atoms with Gasteiger partial charge >= 0.3 is 0 Å². The van der Waals surface area contributed by atoms with Crippen molar-refractivity contribution in [2.45, 2.75) is 52.1 Å². The predicted molar refractivity (Wildman–Crippen MR) is 79.0 cm³/mol. The van der Waals surface area contributed by atoms with Crippen LogP contribution in [0, 0.1) is 12.7 Å². The van der Waals surface area contributed by atoms with Crippen molar-refractivity contribution >= 4 is 5.69 Å². The summed E-state index contributed by atoms with van der Waals surface area (Å²) in [7, 11) is 0. The highest BCUT2D eigenvalue weighted by molar-refractivity contribution is 5.56. The van der Waals surface area contributed by atoms with Gasteiger partial charge in [-0.25, -0.2) is 4.39 Å². The van der Waals surface area contributed by atoms with E-state index >= 15 is 0 Å². The number of hydrogen-bond acceptors (Lipinski definition) is 3. The first-order valence-electron chi connectivity index (χ1n) is 7.44. The predicted octanol–water partition coefficient (Wildman–Crippen LogP) is 3.27. The summed E-state index contributed by atoms with van der Waals surface area (Å²) in [5, 5.41) is 9.54. The normalized spacial score (nSPS) is 22.4. The third kappa shape index (κ3) is 2.75. The minimum atomic E-state index is -0.246. The van der Waals surface area contributed by atoms with Crippen LogP contribution in [0.15, 0.2) is 12.1 Å². The number of hydrogen-bond donors (Lipinski definition) is 1. The van der Waals surface area contributed by atoms with Crippen LogP contribution in [-0.4, -0.2) is 30.4 Å². The summed E-state index contributed by atoms with van der Waals surface area (Å²) in [5.74, 6) is 0.352. The molecule has 4 heteroatoms. The summed E-state index contributed by atoms with van der Waals surface area (Å²) in [6.07, 6.45) is 2.99. The Labute approximate surface area is 120 Å². The van der Waals surface area contributed by atoms with Gasteiger partial charge < -0.3 is 14.7 Å². The fourth-order valence-electron chi connectivity index (χ4n) is 3.06. The molecule has 1 fully saturated rings. The molecule has 1 saturated heterocycles. The molecule has 2 unspecified atom stereocenters. The van der Waals surface area contributed by atoms with Crippen LogP contribution in [0.1, 0.15) is 38.7 Å². The summed E-state index contributed by atoms with van der Waals surface area (Å²) in [6, 6.07) is 3.91. The van der Waals surface area contributed by atoms with Crippen LogP contribution in [0.2, 0.25) is 0 Å². The van der Waals surface area contributed by atoms with Gasteiger partial charge in [0.15, 0.2) is 0 Å². The molecule has 112 valence electrons. The Balaban J connectivity index is 2.39. The topological polar surface area (TPSA) is 32.7 Å². The van der Waals surface area contributed by atoms with E-state index in [1.54, 1.807) is 13.0 Å². The largest absolute Gasteiger partial charge is 0.493 e. The molecule has 0 bridgehead atoms. The first-order chi connectivity index (χ1) is 9.62. The van der Waals surface area contributed by atoms with Gasteiger partial charge in [-0.05, 0) is 39.2 Å². The molecule has 1 aromatic carbocycles. The quantitative estimate of drug-likeness (QED) is 0.899. The Hall–Kier alpha value is -1.29. The molecule has 0 aromatic heterocycles. The lowest BCUT2D eigenvalue weighted by Crippen LogP contribution is -2.38. The van der Waals surface area contributed by atoms with Gasteiger partial charge in [-0.15, -0.1) is 0 Å². The Morgan fingerprint density at radius 2 is 2.00 bits per heavy atom. The molecule has 0 saturated carbocycles. The highest BCUT2D eigenvalue weighted by atomic mass is 19.1. The second-order valence-corrected chi connectivity index (χ2v) is 5.37. The van der Waals surface area contributed by atoms with Crippen LogP contribution in [0.3, 0.4) is 0 Å². The zero-order valence-corrected chi connectivity index (χ0v) is 12.5. The van der Waals surface area contributed by atoms with Gasteiger partial charge in [0.05, 0.1) is 19.3 Å². The fraction of sp³-hybridized carbons (Fsp3) is 0.625. The molecular formula is C16H24FNO2. The number of ether oxygens (including phenoxy) is 1. The van der Waals surface area contributed by atoms with Gasteiger partial charge in [-0.3, -0.25) is 0 Å². The van der Waals surface area contributed by atoms with Crippen LogP contribution in [0.25, 0.3) is 0 Å². The number of nitrogens with zero attached hydrogens (tertiary/aromatic N) is 1. The van der Waals surface area contributed by atoms with Gasteiger partial charge in [0.2, 0.25) is 0 Å². The second-order valence-electron chi connectivity index (χ2n) is 5.37. The van der Waals surface area contributed by atoms with Gasteiger partial charge in [0.25, 0.3) is 0 Å². The zero-order valence-electron chi connectivity index (χ0n) is 12.5. The average Bonchev–Trinajstić information content (AvgIpc) is 2.86. The maximum atomic E-state index is 14.1. The van der Waals surface area contributed by atoms with E-state index in [-0.39, 0.29) is 18.5 Å². The first-order valence-corrected chi connectivity index (χ1v) is 7.44. The van der Waals surface area contributed by atoms with Crippen molar-refractivity contribution in [3.63, 3.8) is 0 Å². The van der Waals surface area contributed by atoms with Crippen molar-refractivity contribution in [2.75, 3.05) is 18.1 Å². The van der Waals surface area contributed by atoms with Gasteiger partial charge in [-0.1, -0.05) is 6.92 Å². The van der Waals surface area contributed by atoms with E-state index < -0.39 is 0 Å². The molecule has 1 N–H and O–H groups in total. The van der Waals surface area contributed by atoms with Crippen molar-refractivity contribution < 1.29 is 14.2 Å². The molecule has 1 aliphatic rings. The highest BCUT2D eigenvalue weighted by Crippen LogP contribution is 2.36. The van der Waals surface area contributed by atoms with E-state index in [1.165, 1.54) is 0 Å². The summed E-state index contributed by atoms with van der Waals surface area (Å²) >= 11 is 0. The second kappa shape index (κ2) is 6.44. The van der Waals surface area contributed by atoms with E-state index in [2.05, 4.69) is 11.8 Å². The van der Waals surface area contributed by atoms with Crippen LogP contribution in [0.4, 0.5) is 10.1 Å². The van der Waals surface area contributed by atoms with Crippen LogP contribution >= 0.6 is 0 Å². The van der Waals surface area contributed by atoms with Crippen molar-refractivity contribution in [2.24, 2.45) is 0 Å². The van der Waals surface area contributed by atoms with Crippen molar-refractivity contribution in [1.82, 2.24) is 0 Å². The van der Waals surface area contributed by atoms with E-state index in [4.69, 9.17) is 4.74 Å². The Kier molecular flexibility index (Phi) is 4.86. The van der Waals surface area contributed by atoms with Crippen molar-refractivity contribution in [3.8, 4) is 5.75 Å². The van der Waals surface area contributed by atoms with Crippen LogP contribution < -0.4 is 9.64 Å². The number of anilines is 1. The van der Waals surface area contributed by atoms with Crippen molar-refractivity contribution in [1.29, 1.82) is 0 Å². The summed E-state index contributed by atoms with van der Waals surface area (Å²) in [6.45, 7) is 6.38. The van der Waals surface area contributed by atoms with Gasteiger partial charge in [-0.2, -0.15) is 0 Å². The molecule has 0 aliphatic carbocycles. The van der Waals surface area contributed by atoms with Crippen molar-refractivity contribution in [3.05, 3.63) is 23.5 Å². The molecule has 0 spiro atoms. The number of aliphatic hydroxyl groups excluding tert-OH is 1. The summed E-state index contributed by atoms with van der Waals surface area (Å²) < 4.78 is 19.6. The molecule has 3 nitrogen and oxygen atoms in total. The lowest BCUT2D eigenvalue weighted by molar-refractivity contribution is 0.264. The summed E-state index contributed by atoms with van der Waals surface area (Å²) in [5.41, 5.74) is 1.36. The third-order valence-corrected chi connectivity index (χ3v) is 4.18. The van der Waals surface area contributed by atoms with Gasteiger partial charge in [0.1, 0.15) is 11.6 Å². The van der Waals surface area contributed by atoms with E-state index in [1.807, 2.05) is 13.0 Å². The first kappa shape index (κ1) is 15.1. The number of aliphatic hydroxyl groups is 1. The zero-order chi connectivity index (χ0) is 14.7. The van der Waals surface area contributed by atoms with Gasteiger partial charge in [0, 0.05) is 23.4 Å². The number of rotatable bonds is 5. The fourth-order valence-corrected chi connectivity index (χ4v) is 3.06. The van der Waals surface area contributed by atoms with E-state index in [9.17, 15) is 9.50 Å². The van der Waals surface area contributed by atoms with Crippen LogP contribution in [-0.2, 0) is 0 Å². The third-order valence-electron chi connectivity index (χ3n) is 4.18. The standard InChI is InChI=1S/C16H24FNO2/c1-4-12-6-7-13(10-19)18(12)14-8-15(17)11(3)16(9-14)20-5-2/h8-9,12-13,19H,4-7,10H2,1-3H3. The number of halogens is 1. The lowest BCUT2D eigenvalue weighted by atomic mass is 10.1. The average molecular weight is 281 g/mol. The van der Waals surface area contributed by atoms with E-state index in [0.717, 1.165) is 24.9 Å². The molecule has 2 rings (SSSR count). The Morgan fingerprint density at radius 1 is 1.30 bits per heavy atom. The minimum Gasteiger partial charge on any atom is -0.493 e. The molecule has 1 aromatic rings. The maximum Gasteiger partial charge on any atom is 0.131 e. The Bertz CT molecular complexity index is 452. The smallest absolute Gasteiger partial charge is 0.131 e. The molecule has 0 amide bonds. The maximum absolute atomic E-state index is 14.1. The SMILES string of the molecule is CCOc1cc(N2C(CC)CCC2CO)cc(F)c1C. The van der Waals surface area contributed by atoms with Crippen LogP contribution in [0.5, 0.6) is 5.75 Å². The molecule has 2 atom stereocenters.